The van der Waals surface area contributed by atoms with Crippen LogP contribution in [0.3, 0.4) is 0 Å². The van der Waals surface area contributed by atoms with E-state index in [1.165, 1.54) is 18.5 Å². The number of likely N-dealkylation sites (tertiary alicyclic amines) is 1. The van der Waals surface area contributed by atoms with E-state index in [1.54, 1.807) is 12.4 Å². The van der Waals surface area contributed by atoms with Gasteiger partial charge in [0.15, 0.2) is 0 Å². The lowest BCUT2D eigenvalue weighted by Gasteiger charge is -2.32. The molecule has 2 N–H and O–H groups in total. The van der Waals surface area contributed by atoms with E-state index in [4.69, 9.17) is 0 Å². The minimum absolute atomic E-state index is 0.644. The predicted octanol–water partition coefficient (Wildman–Crippen LogP) is 1.70. The zero-order chi connectivity index (χ0) is 14.5. The summed E-state index contributed by atoms with van der Waals surface area (Å²) in [4.78, 5) is 11.3. The van der Waals surface area contributed by atoms with Gasteiger partial charge in [-0.1, -0.05) is 0 Å². The Balaban J connectivity index is 1.60. The molecule has 21 heavy (non-hydrogen) atoms. The van der Waals surface area contributed by atoms with Crippen LogP contribution in [0.1, 0.15) is 24.2 Å². The maximum Gasteiger partial charge on any atom is 0.147 e. The second-order valence-corrected chi connectivity index (χ2v) is 5.63. The van der Waals surface area contributed by atoms with Crippen molar-refractivity contribution in [2.45, 2.75) is 25.8 Å². The van der Waals surface area contributed by atoms with E-state index in [1.807, 2.05) is 19.3 Å². The van der Waals surface area contributed by atoms with Crippen LogP contribution in [0.4, 0.5) is 5.82 Å². The molecule has 0 radical (unpaired) electrons. The van der Waals surface area contributed by atoms with Gasteiger partial charge in [0, 0.05) is 44.4 Å². The number of hydrogen-bond donors (Lipinski definition) is 2. The van der Waals surface area contributed by atoms with Crippen molar-refractivity contribution in [2.24, 2.45) is 5.92 Å². The molecule has 1 fully saturated rings. The molecule has 3 heterocycles. The van der Waals surface area contributed by atoms with Crippen molar-refractivity contribution < 1.29 is 0 Å². The van der Waals surface area contributed by atoms with E-state index < -0.39 is 0 Å². The highest BCUT2D eigenvalue weighted by molar-refractivity contribution is 5.38. The quantitative estimate of drug-likeness (QED) is 0.875. The fourth-order valence-corrected chi connectivity index (χ4v) is 3.07. The molecule has 6 heteroatoms. The molecule has 6 nitrogen and oxygen atoms in total. The molecule has 0 spiro atoms. The number of aromatic amines is 1. The van der Waals surface area contributed by atoms with Gasteiger partial charge in [-0.2, -0.15) is 5.10 Å². The molecule has 1 aliphatic heterocycles. The van der Waals surface area contributed by atoms with Crippen LogP contribution in [0.25, 0.3) is 0 Å². The van der Waals surface area contributed by atoms with Gasteiger partial charge in [-0.05, 0) is 37.8 Å². The fourth-order valence-electron chi connectivity index (χ4n) is 3.07. The van der Waals surface area contributed by atoms with E-state index in [0.29, 0.717) is 5.92 Å². The first-order valence-corrected chi connectivity index (χ1v) is 7.53. The number of H-pyrrole nitrogens is 1. The Bertz CT molecular complexity index is 553. The van der Waals surface area contributed by atoms with Crippen LogP contribution in [-0.2, 0) is 13.0 Å². The van der Waals surface area contributed by atoms with Crippen molar-refractivity contribution in [3.8, 4) is 0 Å². The van der Waals surface area contributed by atoms with Crippen molar-refractivity contribution >= 4 is 5.82 Å². The summed E-state index contributed by atoms with van der Waals surface area (Å²) in [7, 11) is 1.90. The highest BCUT2D eigenvalue weighted by atomic mass is 15.2. The normalized spacial score (nSPS) is 19.6. The van der Waals surface area contributed by atoms with Gasteiger partial charge >= 0.3 is 0 Å². The van der Waals surface area contributed by atoms with Gasteiger partial charge in [-0.15, -0.1) is 0 Å². The molecular weight excluding hydrogens is 264 g/mol. The number of aromatic nitrogens is 4. The van der Waals surface area contributed by atoms with Gasteiger partial charge < -0.3 is 5.32 Å². The van der Waals surface area contributed by atoms with Gasteiger partial charge in [0.1, 0.15) is 5.82 Å². The summed E-state index contributed by atoms with van der Waals surface area (Å²) in [6.45, 7) is 3.23. The largest absolute Gasteiger partial charge is 0.372 e. The zero-order valence-corrected chi connectivity index (χ0v) is 12.4. The van der Waals surface area contributed by atoms with Crippen LogP contribution < -0.4 is 5.32 Å². The summed E-state index contributed by atoms with van der Waals surface area (Å²) in [6, 6.07) is 2.05. The monoisotopic (exact) mass is 286 g/mol. The van der Waals surface area contributed by atoms with Crippen molar-refractivity contribution in [1.82, 2.24) is 25.1 Å². The summed E-state index contributed by atoms with van der Waals surface area (Å²) < 4.78 is 0. The second-order valence-electron chi connectivity index (χ2n) is 5.63. The molecule has 3 rings (SSSR count). The lowest BCUT2D eigenvalue weighted by Crippen LogP contribution is -2.36. The third kappa shape index (κ3) is 3.58. The van der Waals surface area contributed by atoms with Gasteiger partial charge in [-0.3, -0.25) is 15.0 Å². The summed E-state index contributed by atoms with van der Waals surface area (Å²) in [5, 5.41) is 10.2. The predicted molar refractivity (Wildman–Crippen MR) is 81.9 cm³/mol. The van der Waals surface area contributed by atoms with Crippen molar-refractivity contribution in [1.29, 1.82) is 0 Å². The SMILES string of the molecule is CNc1nccnc1C[C@H]1CCCN(Cc2ccn[nH]2)C1. The lowest BCUT2D eigenvalue weighted by molar-refractivity contribution is 0.165. The molecule has 1 aliphatic rings. The molecule has 1 atom stereocenters. The topological polar surface area (TPSA) is 69.7 Å². The van der Waals surface area contributed by atoms with E-state index in [0.717, 1.165) is 37.6 Å². The maximum absolute atomic E-state index is 4.48. The van der Waals surface area contributed by atoms with Gasteiger partial charge in [-0.25, -0.2) is 4.98 Å². The first kappa shape index (κ1) is 14.0. The van der Waals surface area contributed by atoms with E-state index >= 15 is 0 Å². The number of anilines is 1. The van der Waals surface area contributed by atoms with E-state index in [-0.39, 0.29) is 0 Å². The summed E-state index contributed by atoms with van der Waals surface area (Å²) in [5.41, 5.74) is 2.26. The number of nitrogens with zero attached hydrogens (tertiary/aromatic N) is 4. The smallest absolute Gasteiger partial charge is 0.147 e. The highest BCUT2D eigenvalue weighted by Crippen LogP contribution is 2.23. The molecule has 112 valence electrons. The van der Waals surface area contributed by atoms with E-state index in [9.17, 15) is 0 Å². The summed E-state index contributed by atoms with van der Waals surface area (Å²) in [6.07, 6.45) is 8.83. The molecule has 0 aliphatic carbocycles. The Morgan fingerprint density at radius 2 is 2.24 bits per heavy atom. The molecule has 0 aromatic carbocycles. The number of nitrogens with one attached hydrogen (secondary N) is 2. The standard InChI is InChI=1S/C15H22N6/c1-16-15-14(17-6-7-18-15)9-12-3-2-8-21(10-12)11-13-4-5-19-20-13/h4-7,12H,2-3,8-11H2,1H3,(H,16,18)(H,19,20)/t12-/m1/s1. The minimum Gasteiger partial charge on any atom is -0.372 e. The Kier molecular flexibility index (Phi) is 4.45. The molecule has 0 amide bonds. The van der Waals surface area contributed by atoms with Gasteiger partial charge in [0.25, 0.3) is 0 Å². The molecule has 1 saturated heterocycles. The Hall–Kier alpha value is -1.95. The highest BCUT2D eigenvalue weighted by Gasteiger charge is 2.22. The van der Waals surface area contributed by atoms with Crippen LogP contribution in [0.2, 0.25) is 0 Å². The lowest BCUT2D eigenvalue weighted by atomic mass is 9.93. The van der Waals surface area contributed by atoms with Crippen molar-refractivity contribution in [3.05, 3.63) is 36.0 Å². The molecule has 2 aromatic heterocycles. The molecular formula is C15H22N6. The first-order chi connectivity index (χ1) is 10.3. The number of piperidine rings is 1. The van der Waals surface area contributed by atoms with Crippen LogP contribution in [0.5, 0.6) is 0 Å². The van der Waals surface area contributed by atoms with E-state index in [2.05, 4.69) is 30.4 Å². The average molecular weight is 286 g/mol. The number of rotatable bonds is 5. The first-order valence-electron chi connectivity index (χ1n) is 7.53. The number of hydrogen-bond acceptors (Lipinski definition) is 5. The third-order valence-electron chi connectivity index (χ3n) is 4.05. The zero-order valence-electron chi connectivity index (χ0n) is 12.4. The molecule has 0 unspecified atom stereocenters. The molecule has 2 aromatic rings. The molecule has 0 bridgehead atoms. The van der Waals surface area contributed by atoms with Gasteiger partial charge in [0.2, 0.25) is 0 Å². The van der Waals surface area contributed by atoms with Crippen molar-refractivity contribution in [3.63, 3.8) is 0 Å². The second kappa shape index (κ2) is 6.67. The summed E-state index contributed by atoms with van der Waals surface area (Å²) in [5.74, 6) is 1.55. The average Bonchev–Trinajstić information content (AvgIpc) is 3.01. The third-order valence-corrected chi connectivity index (χ3v) is 4.05. The van der Waals surface area contributed by atoms with Crippen molar-refractivity contribution in [2.75, 3.05) is 25.5 Å². The molecule has 0 saturated carbocycles. The Morgan fingerprint density at radius 3 is 3.05 bits per heavy atom. The van der Waals surface area contributed by atoms with Crippen LogP contribution in [0.15, 0.2) is 24.7 Å². The Morgan fingerprint density at radius 1 is 1.33 bits per heavy atom. The van der Waals surface area contributed by atoms with Crippen LogP contribution in [-0.4, -0.2) is 45.2 Å². The maximum atomic E-state index is 4.48. The minimum atomic E-state index is 0.644. The fraction of sp³-hybridized carbons (Fsp3) is 0.533. The summed E-state index contributed by atoms with van der Waals surface area (Å²) >= 11 is 0. The van der Waals surface area contributed by atoms with Gasteiger partial charge in [0.05, 0.1) is 5.69 Å². The van der Waals surface area contributed by atoms with Crippen LogP contribution in [0, 0.1) is 5.92 Å². The van der Waals surface area contributed by atoms with Crippen LogP contribution >= 0.6 is 0 Å². The Labute approximate surface area is 125 Å².